The molecule has 1 N–H and O–H groups in total. The van der Waals surface area contributed by atoms with E-state index in [2.05, 4.69) is 21.4 Å². The largest absolute Gasteiger partial charge is 0.337 e. The molecule has 0 unspecified atom stereocenters. The van der Waals surface area contributed by atoms with E-state index in [1.807, 2.05) is 11.4 Å². The Kier molecular flexibility index (Phi) is 4.08. The summed E-state index contributed by atoms with van der Waals surface area (Å²) in [6.45, 7) is 0. The van der Waals surface area contributed by atoms with E-state index in [4.69, 9.17) is 0 Å². The summed E-state index contributed by atoms with van der Waals surface area (Å²) in [4.78, 5) is 20.5. The van der Waals surface area contributed by atoms with E-state index < -0.39 is 5.54 Å². The van der Waals surface area contributed by atoms with Crippen LogP contribution in [0.15, 0.2) is 22.8 Å². The van der Waals surface area contributed by atoms with Crippen LogP contribution >= 0.6 is 23.1 Å². The molecule has 1 aliphatic rings. The second kappa shape index (κ2) is 6.00. The number of fused-ring (bicyclic) bond motifs is 1. The molecule has 0 saturated heterocycles. The Bertz CT molecular complexity index is 700. The summed E-state index contributed by atoms with van der Waals surface area (Å²) in [5, 5.41) is 15.0. The minimum atomic E-state index is -0.651. The molecule has 0 aromatic carbocycles. The van der Waals surface area contributed by atoms with Gasteiger partial charge in [0.2, 0.25) is 5.91 Å². The van der Waals surface area contributed by atoms with Crippen LogP contribution in [-0.2, 0) is 4.79 Å². The van der Waals surface area contributed by atoms with E-state index in [-0.39, 0.29) is 11.7 Å². The summed E-state index contributed by atoms with van der Waals surface area (Å²) in [6, 6.07) is 4.21. The van der Waals surface area contributed by atoms with Crippen molar-refractivity contribution in [2.24, 2.45) is 0 Å². The molecule has 0 atom stereocenters. The normalized spacial score (nSPS) is 16.7. The Balaban J connectivity index is 1.64. The lowest BCUT2D eigenvalue weighted by Crippen LogP contribution is -2.45. The highest BCUT2D eigenvalue weighted by Crippen LogP contribution is 2.30. The quantitative estimate of drug-likeness (QED) is 0.692. The third kappa shape index (κ3) is 3.01. The topological polar surface area (TPSA) is 78.7 Å². The SMILES string of the molecule is N#CC1(NC(=O)CSc2ncnc3ccsc23)CCCC1. The first-order chi connectivity index (χ1) is 10.2. The predicted octanol–water partition coefficient (Wildman–Crippen LogP) is 2.74. The number of nitrogens with zero attached hydrogens (tertiary/aromatic N) is 3. The Morgan fingerprint density at radius 1 is 1.48 bits per heavy atom. The highest BCUT2D eigenvalue weighted by atomic mass is 32.2. The van der Waals surface area contributed by atoms with Gasteiger partial charge in [-0.1, -0.05) is 11.8 Å². The molecular formula is C14H14N4OS2. The summed E-state index contributed by atoms with van der Waals surface area (Å²) in [6.07, 6.45) is 5.03. The highest BCUT2D eigenvalue weighted by Gasteiger charge is 2.35. The Labute approximate surface area is 130 Å². The maximum absolute atomic E-state index is 12.1. The zero-order valence-corrected chi connectivity index (χ0v) is 13.0. The molecule has 5 nitrogen and oxygen atoms in total. The van der Waals surface area contributed by atoms with Gasteiger partial charge in [0.05, 0.1) is 22.0 Å². The number of hydrogen-bond donors (Lipinski definition) is 1. The van der Waals surface area contributed by atoms with Gasteiger partial charge in [-0.25, -0.2) is 9.97 Å². The third-order valence-corrected chi connectivity index (χ3v) is 5.63. The first kappa shape index (κ1) is 14.3. The standard InChI is InChI=1S/C14H14N4OS2/c15-8-14(4-1-2-5-14)18-11(19)7-21-13-12-10(3-6-20-12)16-9-17-13/h3,6,9H,1-2,4-5,7H2,(H,18,19). The molecule has 2 aromatic heterocycles. The van der Waals surface area contributed by atoms with Gasteiger partial charge in [0.25, 0.3) is 0 Å². The average Bonchev–Trinajstić information content (AvgIpc) is 3.14. The fraction of sp³-hybridized carbons (Fsp3) is 0.429. The van der Waals surface area contributed by atoms with Gasteiger partial charge in [0.1, 0.15) is 16.9 Å². The number of thiophene rings is 1. The predicted molar refractivity (Wildman–Crippen MR) is 83.1 cm³/mol. The lowest BCUT2D eigenvalue weighted by atomic mass is 10.0. The lowest BCUT2D eigenvalue weighted by Gasteiger charge is -2.21. The maximum Gasteiger partial charge on any atom is 0.231 e. The van der Waals surface area contributed by atoms with E-state index >= 15 is 0 Å². The number of carbonyl (C=O) groups excluding carboxylic acids is 1. The first-order valence-electron chi connectivity index (χ1n) is 6.76. The smallest absolute Gasteiger partial charge is 0.231 e. The number of nitrogens with one attached hydrogen (secondary N) is 1. The molecule has 1 aliphatic carbocycles. The van der Waals surface area contributed by atoms with Crippen LogP contribution in [0.2, 0.25) is 0 Å². The van der Waals surface area contributed by atoms with E-state index in [0.717, 1.165) is 40.9 Å². The van der Waals surface area contributed by atoms with Crippen molar-refractivity contribution in [3.63, 3.8) is 0 Å². The molecule has 1 amide bonds. The van der Waals surface area contributed by atoms with Gasteiger partial charge in [-0.2, -0.15) is 5.26 Å². The Morgan fingerprint density at radius 3 is 3.05 bits per heavy atom. The molecule has 2 heterocycles. The third-order valence-electron chi connectivity index (χ3n) is 3.60. The minimum absolute atomic E-state index is 0.105. The fourth-order valence-electron chi connectivity index (χ4n) is 2.55. The average molecular weight is 318 g/mol. The monoisotopic (exact) mass is 318 g/mol. The fourth-order valence-corrected chi connectivity index (χ4v) is 4.30. The molecule has 2 aromatic rings. The zero-order chi connectivity index (χ0) is 14.7. The van der Waals surface area contributed by atoms with Crippen molar-refractivity contribution in [1.82, 2.24) is 15.3 Å². The number of aromatic nitrogens is 2. The molecule has 0 radical (unpaired) electrons. The summed E-state index contributed by atoms with van der Waals surface area (Å²) in [7, 11) is 0. The number of carbonyl (C=O) groups is 1. The van der Waals surface area contributed by atoms with Crippen LogP contribution in [0.3, 0.4) is 0 Å². The van der Waals surface area contributed by atoms with Crippen molar-refractivity contribution in [3.8, 4) is 6.07 Å². The van der Waals surface area contributed by atoms with Gasteiger partial charge >= 0.3 is 0 Å². The zero-order valence-electron chi connectivity index (χ0n) is 11.3. The van der Waals surface area contributed by atoms with Crippen molar-refractivity contribution in [3.05, 3.63) is 17.8 Å². The molecule has 1 saturated carbocycles. The lowest BCUT2D eigenvalue weighted by molar-refractivity contribution is -0.119. The van der Waals surface area contributed by atoms with Gasteiger partial charge in [-0.15, -0.1) is 11.3 Å². The van der Waals surface area contributed by atoms with Crippen molar-refractivity contribution < 1.29 is 4.79 Å². The van der Waals surface area contributed by atoms with Crippen LogP contribution < -0.4 is 5.32 Å². The maximum atomic E-state index is 12.1. The van der Waals surface area contributed by atoms with Crippen molar-refractivity contribution in [2.75, 3.05) is 5.75 Å². The number of amides is 1. The molecule has 3 rings (SSSR count). The number of rotatable bonds is 4. The molecule has 0 spiro atoms. The minimum Gasteiger partial charge on any atom is -0.337 e. The molecular weight excluding hydrogens is 304 g/mol. The van der Waals surface area contributed by atoms with Crippen LogP contribution in [0.25, 0.3) is 10.2 Å². The second-order valence-electron chi connectivity index (χ2n) is 5.05. The van der Waals surface area contributed by atoms with Crippen LogP contribution in [0.4, 0.5) is 0 Å². The van der Waals surface area contributed by atoms with Gasteiger partial charge in [0.15, 0.2) is 0 Å². The van der Waals surface area contributed by atoms with Crippen molar-refractivity contribution in [1.29, 1.82) is 5.26 Å². The summed E-state index contributed by atoms with van der Waals surface area (Å²) >= 11 is 2.97. The van der Waals surface area contributed by atoms with Crippen LogP contribution in [-0.4, -0.2) is 27.2 Å². The van der Waals surface area contributed by atoms with Crippen LogP contribution in [0.5, 0.6) is 0 Å². The highest BCUT2D eigenvalue weighted by molar-refractivity contribution is 8.00. The van der Waals surface area contributed by atoms with E-state index in [9.17, 15) is 10.1 Å². The molecule has 7 heteroatoms. The number of thioether (sulfide) groups is 1. The first-order valence-corrected chi connectivity index (χ1v) is 8.62. The summed E-state index contributed by atoms with van der Waals surface area (Å²) in [5.74, 6) is 0.166. The molecule has 21 heavy (non-hydrogen) atoms. The molecule has 0 aliphatic heterocycles. The van der Waals surface area contributed by atoms with Gasteiger partial charge in [-0.05, 0) is 37.1 Å². The van der Waals surface area contributed by atoms with E-state index in [1.54, 1.807) is 11.3 Å². The summed E-state index contributed by atoms with van der Waals surface area (Å²) in [5.41, 5.74) is 0.254. The van der Waals surface area contributed by atoms with Crippen LogP contribution in [0, 0.1) is 11.3 Å². The van der Waals surface area contributed by atoms with Crippen molar-refractivity contribution in [2.45, 2.75) is 36.2 Å². The molecule has 108 valence electrons. The van der Waals surface area contributed by atoms with Gasteiger partial charge in [0, 0.05) is 0 Å². The molecule has 0 bridgehead atoms. The van der Waals surface area contributed by atoms with E-state index in [1.165, 1.54) is 18.1 Å². The number of hydrogen-bond acceptors (Lipinski definition) is 6. The number of nitriles is 1. The summed E-state index contributed by atoms with van der Waals surface area (Å²) < 4.78 is 1.01. The molecule has 1 fully saturated rings. The van der Waals surface area contributed by atoms with E-state index in [0.29, 0.717) is 0 Å². The second-order valence-corrected chi connectivity index (χ2v) is 6.93. The Morgan fingerprint density at radius 2 is 2.29 bits per heavy atom. The van der Waals surface area contributed by atoms with Crippen molar-refractivity contribution >= 4 is 39.2 Å². The Hall–Kier alpha value is -1.65. The van der Waals surface area contributed by atoms with Gasteiger partial charge < -0.3 is 5.32 Å². The van der Waals surface area contributed by atoms with Crippen LogP contribution in [0.1, 0.15) is 25.7 Å². The van der Waals surface area contributed by atoms with Gasteiger partial charge in [-0.3, -0.25) is 4.79 Å².